The Morgan fingerprint density at radius 2 is 2.00 bits per heavy atom. The van der Waals surface area contributed by atoms with E-state index >= 15 is 0 Å². The molecule has 0 fully saturated rings. The van der Waals surface area contributed by atoms with Crippen molar-refractivity contribution in [3.05, 3.63) is 0 Å². The molecule has 0 rings (SSSR count). The minimum atomic E-state index is -0.509. The van der Waals surface area contributed by atoms with Crippen LogP contribution in [0.1, 0.15) is 13.8 Å². The van der Waals surface area contributed by atoms with E-state index in [2.05, 4.69) is 0 Å². The third-order valence-corrected chi connectivity index (χ3v) is 1.07. The second-order valence-corrected chi connectivity index (χ2v) is 1.87. The molecule has 0 bridgehead atoms. The quantitative estimate of drug-likeness (QED) is 0.556. The molecule has 1 nitrogen and oxygen atoms in total. The van der Waals surface area contributed by atoms with Gasteiger partial charge < -0.3 is 5.11 Å². The van der Waals surface area contributed by atoms with E-state index < -0.39 is 12.8 Å². The normalized spacial score (nSPS) is 18.9. The van der Waals surface area contributed by atoms with Crippen molar-refractivity contribution < 1.29 is 9.50 Å². The van der Waals surface area contributed by atoms with Crippen LogP contribution in [0.4, 0.5) is 4.39 Å². The van der Waals surface area contributed by atoms with Crippen LogP contribution in [0.2, 0.25) is 0 Å². The van der Waals surface area contributed by atoms with E-state index in [1.54, 1.807) is 13.8 Å². The first-order valence-corrected chi connectivity index (χ1v) is 2.42. The topological polar surface area (TPSA) is 20.2 Å². The van der Waals surface area contributed by atoms with Gasteiger partial charge in [-0.1, -0.05) is 6.92 Å². The van der Waals surface area contributed by atoms with Gasteiger partial charge in [0.1, 0.15) is 0 Å². The van der Waals surface area contributed by atoms with Crippen molar-refractivity contribution in [3.63, 3.8) is 0 Å². The number of hydrogen-bond acceptors (Lipinski definition) is 1. The molecule has 0 spiro atoms. The summed E-state index contributed by atoms with van der Waals surface area (Å²) < 4.78 is 11.5. The fraction of sp³-hybridized carbons (Fsp3) is 1.00. The lowest BCUT2D eigenvalue weighted by Gasteiger charge is -2.07. The molecule has 0 aromatic heterocycles. The van der Waals surface area contributed by atoms with Crippen LogP contribution in [0.5, 0.6) is 0 Å². The van der Waals surface area contributed by atoms with Gasteiger partial charge in [0.15, 0.2) is 0 Å². The summed E-state index contributed by atoms with van der Waals surface area (Å²) in [7, 11) is 0. The van der Waals surface area contributed by atoms with Crippen molar-refractivity contribution in [2.75, 3.05) is 6.67 Å². The van der Waals surface area contributed by atoms with E-state index in [-0.39, 0.29) is 5.92 Å². The maximum absolute atomic E-state index is 11.5. The van der Waals surface area contributed by atoms with Gasteiger partial charge >= 0.3 is 0 Å². The lowest BCUT2D eigenvalue weighted by atomic mass is 10.1. The summed E-state index contributed by atoms with van der Waals surface area (Å²) >= 11 is 0. The first-order chi connectivity index (χ1) is 3.18. The molecule has 2 atom stereocenters. The van der Waals surface area contributed by atoms with E-state index in [0.717, 1.165) is 0 Å². The van der Waals surface area contributed by atoms with E-state index in [4.69, 9.17) is 5.11 Å². The van der Waals surface area contributed by atoms with Gasteiger partial charge in [-0.3, -0.25) is 4.39 Å². The number of halogens is 1. The maximum Gasteiger partial charge on any atom is 0.0944 e. The van der Waals surface area contributed by atoms with E-state index in [9.17, 15) is 4.39 Å². The van der Waals surface area contributed by atoms with E-state index in [1.807, 2.05) is 0 Å². The van der Waals surface area contributed by atoms with Gasteiger partial charge in [0.25, 0.3) is 0 Å². The monoisotopic (exact) mass is 106 g/mol. The first kappa shape index (κ1) is 6.89. The highest BCUT2D eigenvalue weighted by atomic mass is 19.1. The summed E-state index contributed by atoms with van der Waals surface area (Å²) in [6.45, 7) is 2.83. The van der Waals surface area contributed by atoms with E-state index in [0.29, 0.717) is 0 Å². The molecule has 1 N–H and O–H groups in total. The zero-order valence-corrected chi connectivity index (χ0v) is 4.69. The van der Waals surface area contributed by atoms with Crippen LogP contribution < -0.4 is 0 Å². The molecule has 0 saturated carbocycles. The Hall–Kier alpha value is -0.110. The fourth-order valence-corrected chi connectivity index (χ4v) is 0.129. The molecule has 0 aliphatic heterocycles. The highest BCUT2D eigenvalue weighted by Crippen LogP contribution is 2.00. The Bertz CT molecular complexity index is 45.3. The van der Waals surface area contributed by atoms with Crippen LogP contribution in [0.25, 0.3) is 0 Å². The van der Waals surface area contributed by atoms with Gasteiger partial charge in [-0.2, -0.15) is 0 Å². The van der Waals surface area contributed by atoms with Gasteiger partial charge in [0.2, 0.25) is 0 Å². The van der Waals surface area contributed by atoms with Crippen molar-refractivity contribution in [1.82, 2.24) is 0 Å². The van der Waals surface area contributed by atoms with Crippen LogP contribution in [0, 0.1) is 5.92 Å². The Labute approximate surface area is 43.2 Å². The first-order valence-electron chi connectivity index (χ1n) is 2.42. The van der Waals surface area contributed by atoms with Crippen molar-refractivity contribution in [2.24, 2.45) is 5.92 Å². The summed E-state index contributed by atoms with van der Waals surface area (Å²) in [5.41, 5.74) is 0. The van der Waals surface area contributed by atoms with Crippen LogP contribution in [0.15, 0.2) is 0 Å². The SMILES string of the molecule is CC(O)C(C)CF. The summed E-state index contributed by atoms with van der Waals surface area (Å²) in [4.78, 5) is 0. The zero-order valence-electron chi connectivity index (χ0n) is 4.69. The van der Waals surface area contributed by atoms with Crippen LogP contribution in [-0.2, 0) is 0 Å². The average Bonchev–Trinajstić information content (AvgIpc) is 1.65. The van der Waals surface area contributed by atoms with Crippen molar-refractivity contribution in [2.45, 2.75) is 20.0 Å². The highest BCUT2D eigenvalue weighted by Gasteiger charge is 2.05. The smallest absolute Gasteiger partial charge is 0.0944 e. The largest absolute Gasteiger partial charge is 0.393 e. The lowest BCUT2D eigenvalue weighted by Crippen LogP contribution is -2.14. The standard InChI is InChI=1S/C5H11FO/c1-4(3-6)5(2)7/h4-5,7H,3H2,1-2H3. The molecule has 7 heavy (non-hydrogen) atoms. The zero-order chi connectivity index (χ0) is 5.86. The third-order valence-electron chi connectivity index (χ3n) is 1.07. The Morgan fingerprint density at radius 1 is 1.57 bits per heavy atom. The summed E-state index contributed by atoms with van der Waals surface area (Å²) in [6, 6.07) is 0. The Balaban J connectivity index is 3.14. The fourth-order valence-electron chi connectivity index (χ4n) is 0.129. The molecule has 0 aliphatic rings. The van der Waals surface area contributed by atoms with Crippen molar-refractivity contribution in [1.29, 1.82) is 0 Å². The lowest BCUT2D eigenvalue weighted by molar-refractivity contribution is 0.118. The number of rotatable bonds is 2. The molecule has 0 aliphatic carbocycles. The van der Waals surface area contributed by atoms with Gasteiger partial charge in [0.05, 0.1) is 12.8 Å². The Morgan fingerprint density at radius 3 is 2.00 bits per heavy atom. The number of hydrogen-bond donors (Lipinski definition) is 1. The highest BCUT2D eigenvalue weighted by molar-refractivity contribution is 4.54. The summed E-state index contributed by atoms with van der Waals surface area (Å²) in [5.74, 6) is -0.208. The predicted molar refractivity (Wildman–Crippen MR) is 26.8 cm³/mol. The minimum Gasteiger partial charge on any atom is -0.393 e. The molecule has 0 radical (unpaired) electrons. The number of aliphatic hydroxyl groups is 1. The van der Waals surface area contributed by atoms with Gasteiger partial charge in [-0.05, 0) is 6.92 Å². The molecule has 2 heteroatoms. The van der Waals surface area contributed by atoms with Crippen molar-refractivity contribution in [3.8, 4) is 0 Å². The number of alkyl halides is 1. The third kappa shape index (κ3) is 2.57. The molecular formula is C5H11FO. The van der Waals surface area contributed by atoms with Gasteiger partial charge in [0, 0.05) is 5.92 Å². The molecule has 0 aromatic carbocycles. The molecule has 2 unspecified atom stereocenters. The summed E-state index contributed by atoms with van der Waals surface area (Å²) in [5, 5.41) is 8.58. The molecule has 0 amide bonds. The van der Waals surface area contributed by atoms with Crippen LogP contribution in [0.3, 0.4) is 0 Å². The average molecular weight is 106 g/mol. The second kappa shape index (κ2) is 2.97. The predicted octanol–water partition coefficient (Wildman–Crippen LogP) is 0.973. The second-order valence-electron chi connectivity index (χ2n) is 1.87. The molecule has 0 heterocycles. The molecule has 0 saturated heterocycles. The summed E-state index contributed by atoms with van der Waals surface area (Å²) in [6.07, 6.45) is -0.509. The van der Waals surface area contributed by atoms with Crippen molar-refractivity contribution >= 4 is 0 Å². The molecule has 44 valence electrons. The maximum atomic E-state index is 11.5. The van der Waals surface area contributed by atoms with Crippen LogP contribution >= 0.6 is 0 Å². The molecule has 0 aromatic rings. The Kier molecular flexibility index (Phi) is 2.92. The minimum absolute atomic E-state index is 0.208. The van der Waals surface area contributed by atoms with Crippen LogP contribution in [-0.4, -0.2) is 17.9 Å². The number of aliphatic hydroxyl groups excluding tert-OH is 1. The molecular weight excluding hydrogens is 95.1 g/mol. The van der Waals surface area contributed by atoms with Gasteiger partial charge in [-0.25, -0.2) is 0 Å². The van der Waals surface area contributed by atoms with E-state index in [1.165, 1.54) is 0 Å². The van der Waals surface area contributed by atoms with Gasteiger partial charge in [-0.15, -0.1) is 0 Å².